The molecule has 1 N–H and O–H groups in total. The maximum absolute atomic E-state index is 12.6. The lowest BCUT2D eigenvalue weighted by molar-refractivity contribution is 0.0411. The molecule has 1 rings (SSSR count). The second-order valence-electron chi connectivity index (χ2n) is 9.57. The fourth-order valence-corrected chi connectivity index (χ4v) is 3.98. The van der Waals surface area contributed by atoms with Crippen molar-refractivity contribution in [2.24, 2.45) is 0 Å². The minimum absolute atomic E-state index is 0.224. The van der Waals surface area contributed by atoms with E-state index in [1.165, 1.54) is 12.1 Å². The largest absolute Gasteiger partial charge is 0.444 e. The molecule has 0 aliphatic rings. The summed E-state index contributed by atoms with van der Waals surface area (Å²) in [5.74, 6) is 0. The summed E-state index contributed by atoms with van der Waals surface area (Å²) >= 11 is 12.2. The summed E-state index contributed by atoms with van der Waals surface area (Å²) in [6.45, 7) is 15.0. The molecule has 0 fully saturated rings. The monoisotopic (exact) mass is 469 g/mol. The predicted molar refractivity (Wildman–Crippen MR) is 121 cm³/mol. The number of halogens is 2. The van der Waals surface area contributed by atoms with Gasteiger partial charge in [-0.05, 0) is 56.6 Å². The van der Waals surface area contributed by atoms with Crippen molar-refractivity contribution < 1.29 is 14.0 Å². The number of nitriles is 2. The van der Waals surface area contributed by atoms with Crippen molar-refractivity contribution in [3.05, 3.63) is 33.8 Å². The van der Waals surface area contributed by atoms with Crippen molar-refractivity contribution in [2.45, 2.75) is 76.9 Å². The summed E-state index contributed by atoms with van der Waals surface area (Å²) in [4.78, 5) is 12.6. The van der Waals surface area contributed by atoms with Gasteiger partial charge in [0.2, 0.25) is 0 Å². The molecular weight excluding hydrogens is 441 g/mol. The zero-order valence-electron chi connectivity index (χ0n) is 18.7. The molecule has 0 saturated carbocycles. The Morgan fingerprint density at radius 2 is 1.60 bits per heavy atom. The SMILES string of the molecule is CC(C)(C)OC(=O)N[C@H](c1ccc(Cl)c(Cl)c1)C(C#N)(C#N)O[Si](C)(C)C(C)(C)C. The lowest BCUT2D eigenvalue weighted by Crippen LogP contribution is -2.55. The van der Waals surface area contributed by atoms with Crippen LogP contribution in [0.4, 0.5) is 4.79 Å². The first-order valence-electron chi connectivity index (χ1n) is 9.45. The third-order valence-corrected chi connectivity index (χ3v) is 10.1. The maximum Gasteiger partial charge on any atom is 0.408 e. The van der Waals surface area contributed by atoms with Gasteiger partial charge in [-0.25, -0.2) is 4.79 Å². The zero-order valence-corrected chi connectivity index (χ0v) is 21.2. The molecule has 0 radical (unpaired) electrons. The summed E-state index contributed by atoms with van der Waals surface area (Å²) in [7, 11) is -2.60. The predicted octanol–water partition coefficient (Wildman–Crippen LogP) is 6.37. The van der Waals surface area contributed by atoms with Crippen LogP contribution in [0.15, 0.2) is 18.2 Å². The topological polar surface area (TPSA) is 95.1 Å². The van der Waals surface area contributed by atoms with Crippen molar-refractivity contribution >= 4 is 37.6 Å². The van der Waals surface area contributed by atoms with Gasteiger partial charge in [0.05, 0.1) is 10.0 Å². The molecule has 0 spiro atoms. The number of alkyl carbamates (subject to hydrolysis) is 1. The van der Waals surface area contributed by atoms with Crippen LogP contribution in [-0.4, -0.2) is 25.6 Å². The third-order valence-electron chi connectivity index (χ3n) is 4.90. The quantitative estimate of drug-likeness (QED) is 0.505. The van der Waals surface area contributed by atoms with E-state index in [-0.39, 0.29) is 10.1 Å². The second kappa shape index (κ2) is 9.16. The second-order valence-corrected chi connectivity index (χ2v) is 15.1. The molecule has 30 heavy (non-hydrogen) atoms. The lowest BCUT2D eigenvalue weighted by atomic mass is 9.91. The summed E-state index contributed by atoms with van der Waals surface area (Å²) < 4.78 is 11.6. The van der Waals surface area contributed by atoms with E-state index < -0.39 is 31.7 Å². The highest BCUT2D eigenvalue weighted by atomic mass is 35.5. The Kier molecular flexibility index (Phi) is 8.02. The number of hydrogen-bond donors (Lipinski definition) is 1. The van der Waals surface area contributed by atoms with Crippen molar-refractivity contribution in [2.75, 3.05) is 0 Å². The van der Waals surface area contributed by atoms with Gasteiger partial charge in [-0.3, -0.25) is 0 Å². The molecule has 0 aromatic heterocycles. The molecule has 1 amide bonds. The van der Waals surface area contributed by atoms with Crippen LogP contribution < -0.4 is 5.32 Å². The molecule has 1 atom stereocenters. The van der Waals surface area contributed by atoms with Gasteiger partial charge in [0.25, 0.3) is 5.60 Å². The standard InChI is InChI=1S/C21H29Cl2N3O3Si/c1-19(2,3)28-18(27)26-17(14-9-10-15(22)16(23)11-14)21(12-24,13-25)29-30(7,8)20(4,5)6/h9-11,17H,1-8H3,(H,26,27)/t17-/m1/s1. The third kappa shape index (κ3) is 6.36. The number of hydrogen-bond acceptors (Lipinski definition) is 5. The Hall–Kier alpha value is -1.77. The summed E-state index contributed by atoms with van der Waals surface area (Å²) in [6, 6.07) is 7.47. The molecule has 6 nitrogen and oxygen atoms in total. The molecular formula is C21H29Cl2N3O3Si. The number of nitrogens with one attached hydrogen (secondary N) is 1. The number of nitrogens with zero attached hydrogens (tertiary/aromatic N) is 2. The Labute approximate surface area is 190 Å². The van der Waals surface area contributed by atoms with Gasteiger partial charge < -0.3 is 14.5 Å². The molecule has 1 aromatic carbocycles. The van der Waals surface area contributed by atoms with E-state index in [2.05, 4.69) is 5.32 Å². The summed E-state index contributed by atoms with van der Waals surface area (Å²) in [5.41, 5.74) is -2.37. The highest BCUT2D eigenvalue weighted by molar-refractivity contribution is 6.74. The molecule has 0 heterocycles. The minimum atomic E-state index is -2.60. The van der Waals surface area contributed by atoms with Gasteiger partial charge in [0.1, 0.15) is 23.8 Å². The maximum atomic E-state index is 12.6. The van der Waals surface area contributed by atoms with E-state index in [1.807, 2.05) is 46.0 Å². The van der Waals surface area contributed by atoms with Crippen LogP contribution in [0.1, 0.15) is 53.1 Å². The summed E-state index contributed by atoms with van der Waals surface area (Å²) in [6.07, 6.45) is -0.785. The van der Waals surface area contributed by atoms with Gasteiger partial charge in [0, 0.05) is 0 Å². The molecule has 9 heteroatoms. The van der Waals surface area contributed by atoms with Crippen LogP contribution in [0.25, 0.3) is 0 Å². The number of benzene rings is 1. The first-order chi connectivity index (χ1) is 13.5. The zero-order chi connectivity index (χ0) is 23.5. The lowest BCUT2D eigenvalue weighted by Gasteiger charge is -2.42. The van der Waals surface area contributed by atoms with Gasteiger partial charge in [0.15, 0.2) is 8.32 Å². The first-order valence-corrected chi connectivity index (χ1v) is 13.1. The highest BCUT2D eigenvalue weighted by Gasteiger charge is 2.51. The average Bonchev–Trinajstić information content (AvgIpc) is 2.58. The van der Waals surface area contributed by atoms with Crippen LogP contribution in [0, 0.1) is 22.7 Å². The Balaban J connectivity index is 3.58. The van der Waals surface area contributed by atoms with E-state index in [0.717, 1.165) is 0 Å². The van der Waals surface area contributed by atoms with Crippen LogP contribution in [0.5, 0.6) is 0 Å². The fourth-order valence-electron chi connectivity index (χ4n) is 2.35. The molecule has 0 unspecified atom stereocenters. The van der Waals surface area contributed by atoms with Crippen molar-refractivity contribution in [3.63, 3.8) is 0 Å². The van der Waals surface area contributed by atoms with Crippen molar-refractivity contribution in [3.8, 4) is 12.1 Å². The van der Waals surface area contributed by atoms with Gasteiger partial charge in [-0.15, -0.1) is 0 Å². The fraction of sp³-hybridized carbons (Fsp3) is 0.571. The van der Waals surface area contributed by atoms with Gasteiger partial charge >= 0.3 is 6.09 Å². The number of ether oxygens (including phenoxy) is 1. The van der Waals surface area contributed by atoms with Crippen molar-refractivity contribution in [1.82, 2.24) is 5.32 Å². The van der Waals surface area contributed by atoms with Crippen molar-refractivity contribution in [1.29, 1.82) is 10.5 Å². The smallest absolute Gasteiger partial charge is 0.408 e. The van der Waals surface area contributed by atoms with Gasteiger partial charge in [-0.1, -0.05) is 50.0 Å². The molecule has 0 aliphatic heterocycles. The van der Waals surface area contributed by atoms with Gasteiger partial charge in [-0.2, -0.15) is 10.5 Å². The van der Waals surface area contributed by atoms with E-state index in [4.69, 9.17) is 32.4 Å². The normalized spacial score (nSPS) is 13.7. The van der Waals surface area contributed by atoms with E-state index in [1.54, 1.807) is 26.8 Å². The molecule has 1 aromatic rings. The minimum Gasteiger partial charge on any atom is -0.444 e. The highest BCUT2D eigenvalue weighted by Crippen LogP contribution is 2.42. The average molecular weight is 470 g/mol. The number of carbonyl (C=O) groups is 1. The number of carbonyl (C=O) groups excluding carboxylic acids is 1. The molecule has 0 bridgehead atoms. The molecule has 164 valence electrons. The number of amides is 1. The van der Waals surface area contributed by atoms with Crippen LogP contribution in [0.3, 0.4) is 0 Å². The Morgan fingerprint density at radius 3 is 2.00 bits per heavy atom. The summed E-state index contributed by atoms with van der Waals surface area (Å²) in [5, 5.41) is 23.1. The first kappa shape index (κ1) is 26.3. The molecule has 0 aliphatic carbocycles. The van der Waals surface area contributed by atoms with Crippen LogP contribution >= 0.6 is 23.2 Å². The van der Waals surface area contributed by atoms with E-state index in [9.17, 15) is 15.3 Å². The number of rotatable bonds is 5. The van der Waals surface area contributed by atoms with E-state index >= 15 is 0 Å². The Bertz CT molecular complexity index is 863. The molecule has 0 saturated heterocycles. The van der Waals surface area contributed by atoms with E-state index in [0.29, 0.717) is 10.6 Å². The van der Waals surface area contributed by atoms with Crippen LogP contribution in [-0.2, 0) is 9.16 Å². The Morgan fingerprint density at radius 1 is 1.07 bits per heavy atom. The van der Waals surface area contributed by atoms with Crippen LogP contribution in [0.2, 0.25) is 28.2 Å².